The molecule has 0 saturated heterocycles. The number of hydrogen-bond donors (Lipinski definition) is 0. The van der Waals surface area contributed by atoms with Crippen molar-refractivity contribution in [2.45, 2.75) is 37.9 Å². The molecule has 0 radical (unpaired) electrons. The van der Waals surface area contributed by atoms with Gasteiger partial charge in [0, 0.05) is 11.0 Å². The number of halogens is 2. The van der Waals surface area contributed by atoms with E-state index in [-0.39, 0.29) is 0 Å². The van der Waals surface area contributed by atoms with Gasteiger partial charge in [0.2, 0.25) is 0 Å². The molecule has 0 nitrogen and oxygen atoms in total. The normalized spacial score (nSPS) is 28.5. The standard InChI is InChI=1S/C10H16Cl2S/c1-8-2-4-9(5-3-8)13-7-6-10(11)12/h6,8-9H,2-5,7H2,1H3. The van der Waals surface area contributed by atoms with Crippen molar-refractivity contribution in [3.8, 4) is 0 Å². The summed E-state index contributed by atoms with van der Waals surface area (Å²) in [6.07, 6.45) is 7.37. The summed E-state index contributed by atoms with van der Waals surface area (Å²) in [5, 5.41) is 0.833. The van der Waals surface area contributed by atoms with E-state index in [4.69, 9.17) is 23.2 Å². The Kier molecular flexibility index (Phi) is 5.61. The highest BCUT2D eigenvalue weighted by atomic mass is 35.5. The minimum absolute atomic E-state index is 0.400. The van der Waals surface area contributed by atoms with Crippen LogP contribution in [0, 0.1) is 5.92 Å². The van der Waals surface area contributed by atoms with Gasteiger partial charge in [-0.2, -0.15) is 11.8 Å². The zero-order valence-electron chi connectivity index (χ0n) is 7.93. The third-order valence-electron chi connectivity index (χ3n) is 2.53. The Morgan fingerprint density at radius 1 is 1.31 bits per heavy atom. The van der Waals surface area contributed by atoms with Crippen LogP contribution in [0.3, 0.4) is 0 Å². The van der Waals surface area contributed by atoms with E-state index in [0.717, 1.165) is 16.9 Å². The molecule has 1 saturated carbocycles. The van der Waals surface area contributed by atoms with Gasteiger partial charge in [-0.05, 0) is 37.7 Å². The quantitative estimate of drug-likeness (QED) is 0.692. The van der Waals surface area contributed by atoms with Gasteiger partial charge in [-0.15, -0.1) is 0 Å². The van der Waals surface area contributed by atoms with Crippen LogP contribution in [-0.4, -0.2) is 11.0 Å². The van der Waals surface area contributed by atoms with E-state index in [1.165, 1.54) is 25.7 Å². The topological polar surface area (TPSA) is 0 Å². The summed E-state index contributed by atoms with van der Waals surface area (Å²) in [5.74, 6) is 1.89. The molecule has 1 aliphatic carbocycles. The predicted octanol–water partition coefficient (Wildman–Crippen LogP) is 4.62. The SMILES string of the molecule is CC1CCC(SCC=C(Cl)Cl)CC1. The van der Waals surface area contributed by atoms with Gasteiger partial charge in [-0.25, -0.2) is 0 Å². The minimum atomic E-state index is 0.400. The van der Waals surface area contributed by atoms with Crippen molar-refractivity contribution in [3.05, 3.63) is 10.6 Å². The highest BCUT2D eigenvalue weighted by Crippen LogP contribution is 2.31. The van der Waals surface area contributed by atoms with Crippen LogP contribution in [0.25, 0.3) is 0 Å². The summed E-state index contributed by atoms with van der Waals surface area (Å²) in [5.41, 5.74) is 0. The largest absolute Gasteiger partial charge is 0.154 e. The number of thioether (sulfide) groups is 1. The molecule has 0 bridgehead atoms. The maximum Gasteiger partial charge on any atom is 0.103 e. The van der Waals surface area contributed by atoms with Crippen molar-refractivity contribution in [1.29, 1.82) is 0 Å². The van der Waals surface area contributed by atoms with Crippen molar-refractivity contribution in [1.82, 2.24) is 0 Å². The van der Waals surface area contributed by atoms with E-state index in [2.05, 4.69) is 6.92 Å². The fraction of sp³-hybridized carbons (Fsp3) is 0.800. The second kappa shape index (κ2) is 6.21. The first-order chi connectivity index (χ1) is 6.18. The van der Waals surface area contributed by atoms with Gasteiger partial charge in [0.1, 0.15) is 4.49 Å². The van der Waals surface area contributed by atoms with E-state index in [1.54, 1.807) is 0 Å². The van der Waals surface area contributed by atoms with Crippen LogP contribution < -0.4 is 0 Å². The molecule has 0 spiro atoms. The highest BCUT2D eigenvalue weighted by molar-refractivity contribution is 8.00. The average Bonchev–Trinajstić information content (AvgIpc) is 2.08. The van der Waals surface area contributed by atoms with Crippen LogP contribution in [0.1, 0.15) is 32.6 Å². The van der Waals surface area contributed by atoms with Gasteiger partial charge in [0.15, 0.2) is 0 Å². The van der Waals surface area contributed by atoms with Crippen molar-refractivity contribution in [2.24, 2.45) is 5.92 Å². The molecular weight excluding hydrogens is 223 g/mol. The van der Waals surface area contributed by atoms with Crippen LogP contribution in [0.5, 0.6) is 0 Å². The first-order valence-electron chi connectivity index (χ1n) is 4.81. The Hall–Kier alpha value is 0.670. The molecule has 0 N–H and O–H groups in total. The van der Waals surface area contributed by atoms with Crippen LogP contribution in [-0.2, 0) is 0 Å². The molecule has 1 fully saturated rings. The summed E-state index contributed by atoms with van der Waals surface area (Å²) >= 11 is 13.0. The number of rotatable bonds is 3. The summed E-state index contributed by atoms with van der Waals surface area (Å²) in [6.45, 7) is 2.34. The summed E-state index contributed by atoms with van der Waals surface area (Å²) in [6, 6.07) is 0. The Balaban J connectivity index is 2.12. The fourth-order valence-corrected chi connectivity index (χ4v) is 3.12. The lowest BCUT2D eigenvalue weighted by molar-refractivity contribution is 0.393. The van der Waals surface area contributed by atoms with Crippen molar-refractivity contribution in [3.63, 3.8) is 0 Å². The Morgan fingerprint density at radius 3 is 2.46 bits per heavy atom. The van der Waals surface area contributed by atoms with E-state index < -0.39 is 0 Å². The third-order valence-corrected chi connectivity index (χ3v) is 4.14. The predicted molar refractivity (Wildman–Crippen MR) is 63.7 cm³/mol. The van der Waals surface area contributed by atoms with Gasteiger partial charge in [-0.3, -0.25) is 0 Å². The number of hydrogen-bond acceptors (Lipinski definition) is 1. The molecule has 0 aromatic heterocycles. The van der Waals surface area contributed by atoms with E-state index in [0.29, 0.717) is 4.49 Å². The highest BCUT2D eigenvalue weighted by Gasteiger charge is 2.17. The Morgan fingerprint density at radius 2 is 1.92 bits per heavy atom. The van der Waals surface area contributed by atoms with Crippen LogP contribution in [0.4, 0.5) is 0 Å². The Bertz CT molecular complexity index is 168. The van der Waals surface area contributed by atoms with E-state index in [9.17, 15) is 0 Å². The maximum absolute atomic E-state index is 5.53. The van der Waals surface area contributed by atoms with E-state index >= 15 is 0 Å². The van der Waals surface area contributed by atoms with Crippen LogP contribution >= 0.6 is 35.0 Å². The molecule has 0 aliphatic heterocycles. The van der Waals surface area contributed by atoms with Gasteiger partial charge in [-0.1, -0.05) is 30.1 Å². The second-order valence-corrected chi connectivity index (χ2v) is 6.05. The van der Waals surface area contributed by atoms with Crippen molar-refractivity contribution < 1.29 is 0 Å². The zero-order chi connectivity index (χ0) is 9.68. The van der Waals surface area contributed by atoms with Crippen molar-refractivity contribution in [2.75, 3.05) is 5.75 Å². The van der Waals surface area contributed by atoms with Crippen molar-refractivity contribution >= 4 is 35.0 Å². The molecular formula is C10H16Cl2S. The van der Waals surface area contributed by atoms with Crippen LogP contribution in [0.15, 0.2) is 10.6 Å². The molecule has 0 aromatic carbocycles. The van der Waals surface area contributed by atoms with Gasteiger partial charge in [0.05, 0.1) is 0 Å². The van der Waals surface area contributed by atoms with Gasteiger partial charge in [0.25, 0.3) is 0 Å². The molecule has 0 atom stereocenters. The fourth-order valence-electron chi connectivity index (χ4n) is 1.64. The molecule has 0 unspecified atom stereocenters. The summed E-state index contributed by atoms with van der Waals surface area (Å²) < 4.78 is 0.400. The molecule has 0 amide bonds. The average molecular weight is 239 g/mol. The molecule has 13 heavy (non-hydrogen) atoms. The summed E-state index contributed by atoms with van der Waals surface area (Å²) in [4.78, 5) is 0. The summed E-state index contributed by atoms with van der Waals surface area (Å²) in [7, 11) is 0. The smallest absolute Gasteiger partial charge is 0.103 e. The first-order valence-corrected chi connectivity index (χ1v) is 6.61. The first kappa shape index (κ1) is 11.7. The molecule has 0 aromatic rings. The van der Waals surface area contributed by atoms with E-state index in [1.807, 2.05) is 17.8 Å². The molecule has 1 rings (SSSR count). The molecule has 0 heterocycles. The van der Waals surface area contributed by atoms with Gasteiger partial charge < -0.3 is 0 Å². The third kappa shape index (κ3) is 5.19. The van der Waals surface area contributed by atoms with Crippen LogP contribution in [0.2, 0.25) is 0 Å². The lowest BCUT2D eigenvalue weighted by atomic mass is 9.91. The second-order valence-electron chi connectivity index (χ2n) is 3.71. The molecule has 3 heteroatoms. The molecule has 76 valence electrons. The van der Waals surface area contributed by atoms with Gasteiger partial charge >= 0.3 is 0 Å². The zero-order valence-corrected chi connectivity index (χ0v) is 10.3. The monoisotopic (exact) mass is 238 g/mol. The minimum Gasteiger partial charge on any atom is -0.154 e. The Labute approximate surface area is 95.1 Å². The lowest BCUT2D eigenvalue weighted by Gasteiger charge is -2.25. The lowest BCUT2D eigenvalue weighted by Crippen LogP contribution is -2.14. The maximum atomic E-state index is 5.53. The molecule has 1 aliphatic rings.